The Kier molecular flexibility index (Phi) is 5.89. The van der Waals surface area contributed by atoms with Gasteiger partial charge in [0.15, 0.2) is 11.5 Å². The Bertz CT molecular complexity index is 822. The van der Waals surface area contributed by atoms with Gasteiger partial charge in [0, 0.05) is 0 Å². The molecule has 0 unspecified atom stereocenters. The largest absolute Gasteiger partial charge is 0.462 e. The van der Waals surface area contributed by atoms with E-state index in [2.05, 4.69) is 0 Å². The Balaban J connectivity index is 1.34. The molecule has 2 aliphatic rings. The minimum absolute atomic E-state index is 0.259. The highest BCUT2D eigenvalue weighted by atomic mass is 16.7. The van der Waals surface area contributed by atoms with E-state index in [0.717, 1.165) is 35.5 Å². The number of hydrogen-bond donors (Lipinski definition) is 4. The molecule has 4 N–H and O–H groups in total. The number of hydrogen-bond acceptors (Lipinski definition) is 8. The average Bonchev–Trinajstić information content (AvgIpc) is 3.21. The minimum Gasteiger partial charge on any atom is -0.462 e. The molecule has 0 aliphatic carbocycles. The molecule has 0 saturated carbocycles. The summed E-state index contributed by atoms with van der Waals surface area (Å²) in [5, 5.41) is 39.0. The number of aliphatic hydroxyl groups is 4. The molecule has 0 amide bonds. The maximum atomic E-state index is 10.1. The van der Waals surface area contributed by atoms with Crippen LogP contribution in [0.5, 0.6) is 17.2 Å². The summed E-state index contributed by atoms with van der Waals surface area (Å²) in [4.78, 5) is 0. The zero-order chi connectivity index (χ0) is 20.4. The molecular weight excluding hydrogens is 380 g/mol. The molecule has 0 spiro atoms. The summed E-state index contributed by atoms with van der Waals surface area (Å²) >= 11 is 0. The first-order chi connectivity index (χ1) is 14.0. The van der Waals surface area contributed by atoms with Crippen molar-refractivity contribution in [3.63, 3.8) is 0 Å². The van der Waals surface area contributed by atoms with E-state index in [1.807, 2.05) is 30.3 Å². The van der Waals surface area contributed by atoms with Gasteiger partial charge in [-0.25, -0.2) is 0 Å². The van der Waals surface area contributed by atoms with E-state index >= 15 is 0 Å². The van der Waals surface area contributed by atoms with E-state index in [9.17, 15) is 20.4 Å². The summed E-state index contributed by atoms with van der Waals surface area (Å²) in [7, 11) is 0. The van der Waals surface area contributed by atoms with Crippen molar-refractivity contribution in [2.75, 3.05) is 13.4 Å². The highest BCUT2D eigenvalue weighted by Crippen LogP contribution is 2.33. The van der Waals surface area contributed by atoms with E-state index in [-0.39, 0.29) is 6.79 Å². The van der Waals surface area contributed by atoms with Crippen LogP contribution in [0.3, 0.4) is 0 Å². The van der Waals surface area contributed by atoms with Crippen molar-refractivity contribution in [3.8, 4) is 17.2 Å². The van der Waals surface area contributed by atoms with Crippen molar-refractivity contribution in [2.45, 2.75) is 43.5 Å². The Morgan fingerprint density at radius 1 is 0.828 bits per heavy atom. The van der Waals surface area contributed by atoms with Crippen molar-refractivity contribution < 1.29 is 39.4 Å². The van der Waals surface area contributed by atoms with Gasteiger partial charge in [-0.1, -0.05) is 18.2 Å². The van der Waals surface area contributed by atoms with Gasteiger partial charge in [0.2, 0.25) is 13.1 Å². The second kappa shape index (κ2) is 8.56. The van der Waals surface area contributed by atoms with Crippen LogP contribution in [0.1, 0.15) is 11.1 Å². The van der Waals surface area contributed by atoms with Crippen LogP contribution < -0.4 is 14.2 Å². The Morgan fingerprint density at radius 3 is 2.28 bits per heavy atom. The second-order valence-corrected chi connectivity index (χ2v) is 7.15. The molecule has 0 bridgehead atoms. The van der Waals surface area contributed by atoms with Gasteiger partial charge in [0.25, 0.3) is 0 Å². The smallest absolute Gasteiger partial charge is 0.231 e. The normalized spacial score (nSPS) is 28.3. The Morgan fingerprint density at radius 2 is 1.52 bits per heavy atom. The highest BCUT2D eigenvalue weighted by molar-refractivity contribution is 5.44. The van der Waals surface area contributed by atoms with Crippen LogP contribution >= 0.6 is 0 Å². The number of fused-ring (bicyclic) bond motifs is 1. The van der Waals surface area contributed by atoms with Crippen molar-refractivity contribution in [3.05, 3.63) is 53.6 Å². The fourth-order valence-electron chi connectivity index (χ4n) is 3.42. The summed E-state index contributed by atoms with van der Waals surface area (Å²) in [5.41, 5.74) is 2.25. The molecule has 2 aromatic rings. The molecule has 8 nitrogen and oxygen atoms in total. The standard InChI is InChI=1S/C21H24O8/c22-10-17-18(23)19(24)20(25)21(29-17)28-14-6-3-12(4-7-14)1-2-13-5-8-15-16(9-13)27-11-26-15/h3-9,17-25H,1-2,10-11H2/t17-,18-,19+,20-,21-/m1/s1. The van der Waals surface area contributed by atoms with Crippen molar-refractivity contribution in [2.24, 2.45) is 0 Å². The molecule has 8 heteroatoms. The third-order valence-electron chi connectivity index (χ3n) is 5.16. The van der Waals surface area contributed by atoms with Crippen molar-refractivity contribution in [1.29, 1.82) is 0 Å². The molecule has 2 aromatic carbocycles. The number of aliphatic hydroxyl groups excluding tert-OH is 4. The minimum atomic E-state index is -1.47. The summed E-state index contributed by atoms with van der Waals surface area (Å²) in [5.74, 6) is 1.98. The molecule has 1 saturated heterocycles. The van der Waals surface area contributed by atoms with Gasteiger partial charge in [0.1, 0.15) is 30.2 Å². The summed E-state index contributed by atoms with van der Waals surface area (Å²) in [6.07, 6.45) is -4.84. The van der Waals surface area contributed by atoms with Crippen LogP contribution in [0.15, 0.2) is 42.5 Å². The molecule has 5 atom stereocenters. The summed E-state index contributed by atoms with van der Waals surface area (Å²) < 4.78 is 21.7. The van der Waals surface area contributed by atoms with Crippen LogP contribution in [-0.2, 0) is 17.6 Å². The molecule has 156 valence electrons. The third-order valence-corrected chi connectivity index (χ3v) is 5.16. The van der Waals surface area contributed by atoms with E-state index < -0.39 is 37.3 Å². The first-order valence-corrected chi connectivity index (χ1v) is 9.50. The molecule has 29 heavy (non-hydrogen) atoms. The van der Waals surface area contributed by atoms with E-state index in [4.69, 9.17) is 18.9 Å². The van der Waals surface area contributed by atoms with E-state index in [1.54, 1.807) is 12.1 Å². The van der Waals surface area contributed by atoms with Gasteiger partial charge < -0.3 is 39.4 Å². The maximum absolute atomic E-state index is 10.1. The Hall–Kier alpha value is -2.36. The van der Waals surface area contributed by atoms with Crippen LogP contribution in [0.2, 0.25) is 0 Å². The van der Waals surface area contributed by atoms with Gasteiger partial charge in [0.05, 0.1) is 6.61 Å². The van der Waals surface area contributed by atoms with Gasteiger partial charge >= 0.3 is 0 Å². The summed E-state index contributed by atoms with van der Waals surface area (Å²) in [6, 6.07) is 13.2. The predicted octanol–water partition coefficient (Wildman–Crippen LogP) is 0.379. The molecule has 1 fully saturated rings. The fraction of sp³-hybridized carbons (Fsp3) is 0.429. The average molecular weight is 404 g/mol. The first kappa shape index (κ1) is 19.9. The van der Waals surface area contributed by atoms with Gasteiger partial charge in [-0.3, -0.25) is 0 Å². The quantitative estimate of drug-likeness (QED) is 0.546. The van der Waals surface area contributed by atoms with Crippen LogP contribution in [-0.4, -0.2) is 64.5 Å². The molecule has 2 aliphatic heterocycles. The lowest BCUT2D eigenvalue weighted by Gasteiger charge is -2.39. The molecule has 0 radical (unpaired) electrons. The lowest BCUT2D eigenvalue weighted by atomic mass is 9.99. The number of ether oxygens (including phenoxy) is 4. The molecular formula is C21H24O8. The zero-order valence-corrected chi connectivity index (χ0v) is 15.7. The van der Waals surface area contributed by atoms with Gasteiger partial charge in [-0.2, -0.15) is 0 Å². The monoisotopic (exact) mass is 404 g/mol. The molecule has 0 aromatic heterocycles. The predicted molar refractivity (Wildman–Crippen MR) is 101 cm³/mol. The van der Waals surface area contributed by atoms with Crippen LogP contribution in [0.4, 0.5) is 0 Å². The lowest BCUT2D eigenvalue weighted by molar-refractivity contribution is -0.277. The topological polar surface area (TPSA) is 118 Å². The van der Waals surface area contributed by atoms with Crippen LogP contribution in [0.25, 0.3) is 0 Å². The van der Waals surface area contributed by atoms with E-state index in [0.29, 0.717) is 5.75 Å². The second-order valence-electron chi connectivity index (χ2n) is 7.15. The Labute approximate surface area is 167 Å². The van der Waals surface area contributed by atoms with Crippen LogP contribution in [0, 0.1) is 0 Å². The number of benzene rings is 2. The molecule has 4 rings (SSSR count). The summed E-state index contributed by atoms with van der Waals surface area (Å²) in [6.45, 7) is -0.238. The SMILES string of the molecule is OC[C@H]1O[C@@H](Oc2ccc(CCc3ccc4c(c3)OCO4)cc2)[C@H](O)[C@@H](O)[C@@H]1O. The lowest BCUT2D eigenvalue weighted by Crippen LogP contribution is -2.60. The maximum Gasteiger partial charge on any atom is 0.231 e. The van der Waals surface area contributed by atoms with E-state index in [1.165, 1.54) is 0 Å². The fourth-order valence-corrected chi connectivity index (χ4v) is 3.42. The van der Waals surface area contributed by atoms with Gasteiger partial charge in [-0.05, 0) is 48.2 Å². The molecule has 2 heterocycles. The van der Waals surface area contributed by atoms with Crippen molar-refractivity contribution in [1.82, 2.24) is 0 Å². The highest BCUT2D eigenvalue weighted by Gasteiger charge is 2.44. The zero-order valence-electron chi connectivity index (χ0n) is 15.7. The van der Waals surface area contributed by atoms with Crippen molar-refractivity contribution >= 4 is 0 Å². The number of aryl methyl sites for hydroxylation is 2. The third kappa shape index (κ3) is 4.31. The van der Waals surface area contributed by atoms with Gasteiger partial charge in [-0.15, -0.1) is 0 Å². The first-order valence-electron chi connectivity index (χ1n) is 9.50. The number of rotatable bonds is 6.